The molecule has 0 aromatic carbocycles. The van der Waals surface area contributed by atoms with E-state index in [0.717, 1.165) is 6.20 Å². The average Bonchev–Trinajstić information content (AvgIpc) is 2.17. The van der Waals surface area contributed by atoms with Gasteiger partial charge < -0.3 is 4.74 Å². The van der Waals surface area contributed by atoms with Crippen LogP contribution in [-0.2, 0) is 5.88 Å². The Hall–Kier alpha value is -0.170. The molecular formula is C8H7ClF2INO. The maximum Gasteiger partial charge on any atom is 0.265 e. The van der Waals surface area contributed by atoms with Gasteiger partial charge in [0.15, 0.2) is 0 Å². The monoisotopic (exact) mass is 333 g/mol. The summed E-state index contributed by atoms with van der Waals surface area (Å²) in [6.45, 7) is 0. The van der Waals surface area contributed by atoms with Crippen LogP contribution >= 0.6 is 34.2 Å². The van der Waals surface area contributed by atoms with E-state index < -0.39 is 6.43 Å². The molecule has 0 unspecified atom stereocenters. The largest absolute Gasteiger partial charge is 0.480 e. The maximum absolute atomic E-state index is 12.5. The second-order valence-electron chi connectivity index (χ2n) is 2.45. The Balaban J connectivity index is 3.28. The zero-order chi connectivity index (χ0) is 10.7. The summed E-state index contributed by atoms with van der Waals surface area (Å²) in [5.74, 6) is 0.349. The number of methoxy groups -OCH3 is 1. The van der Waals surface area contributed by atoms with E-state index in [9.17, 15) is 8.78 Å². The van der Waals surface area contributed by atoms with E-state index >= 15 is 0 Å². The zero-order valence-electron chi connectivity index (χ0n) is 7.23. The minimum Gasteiger partial charge on any atom is -0.480 e. The molecule has 1 aromatic rings. The number of pyridine rings is 1. The minimum atomic E-state index is -2.56. The first-order chi connectivity index (χ1) is 6.61. The molecule has 1 rings (SSSR count). The highest BCUT2D eigenvalue weighted by molar-refractivity contribution is 14.1. The average molecular weight is 334 g/mol. The maximum atomic E-state index is 12.5. The molecule has 0 saturated carbocycles. The number of aromatic nitrogens is 1. The van der Waals surface area contributed by atoms with Crippen molar-refractivity contribution in [2.75, 3.05) is 7.11 Å². The Labute approximate surface area is 98.8 Å². The van der Waals surface area contributed by atoms with Gasteiger partial charge in [0.1, 0.15) is 0 Å². The minimum absolute atomic E-state index is 0.0246. The fourth-order valence-electron chi connectivity index (χ4n) is 0.985. The number of hydrogen-bond acceptors (Lipinski definition) is 2. The molecule has 0 bridgehead atoms. The van der Waals surface area contributed by atoms with Crippen LogP contribution in [0, 0.1) is 3.57 Å². The Kier molecular flexibility index (Phi) is 4.31. The van der Waals surface area contributed by atoms with Crippen LogP contribution in [0.25, 0.3) is 0 Å². The molecule has 1 aromatic heterocycles. The van der Waals surface area contributed by atoms with Gasteiger partial charge >= 0.3 is 0 Å². The molecule has 6 heteroatoms. The highest BCUT2D eigenvalue weighted by Gasteiger charge is 2.18. The third-order valence-corrected chi connectivity index (χ3v) is 3.06. The molecule has 0 aliphatic rings. The topological polar surface area (TPSA) is 22.1 Å². The Bertz CT molecular complexity index is 335. The van der Waals surface area contributed by atoms with Gasteiger partial charge in [-0.1, -0.05) is 0 Å². The molecule has 0 saturated heterocycles. The van der Waals surface area contributed by atoms with E-state index in [0.29, 0.717) is 15.0 Å². The summed E-state index contributed by atoms with van der Waals surface area (Å²) in [7, 11) is 1.44. The van der Waals surface area contributed by atoms with Crippen molar-refractivity contribution < 1.29 is 13.5 Å². The smallest absolute Gasteiger partial charge is 0.265 e. The summed E-state index contributed by atoms with van der Waals surface area (Å²) in [5, 5.41) is 0. The van der Waals surface area contributed by atoms with Crippen LogP contribution in [0.5, 0.6) is 5.88 Å². The van der Waals surface area contributed by atoms with Crippen molar-refractivity contribution in [3.05, 3.63) is 20.9 Å². The van der Waals surface area contributed by atoms with E-state index in [4.69, 9.17) is 16.3 Å². The van der Waals surface area contributed by atoms with Crippen molar-refractivity contribution in [2.45, 2.75) is 12.3 Å². The molecule has 0 aliphatic carbocycles. The second kappa shape index (κ2) is 5.06. The molecule has 14 heavy (non-hydrogen) atoms. The highest BCUT2D eigenvalue weighted by atomic mass is 127. The number of hydrogen-bond donors (Lipinski definition) is 0. The molecular weight excluding hydrogens is 326 g/mol. The van der Waals surface area contributed by atoms with Crippen molar-refractivity contribution in [3.8, 4) is 5.88 Å². The zero-order valence-corrected chi connectivity index (χ0v) is 10.1. The molecule has 0 aliphatic heterocycles. The van der Waals surface area contributed by atoms with Crippen LogP contribution in [0.15, 0.2) is 6.20 Å². The summed E-state index contributed by atoms with van der Waals surface area (Å²) in [5.41, 5.74) is 0.249. The van der Waals surface area contributed by atoms with Crippen molar-refractivity contribution in [1.82, 2.24) is 4.98 Å². The Morgan fingerprint density at radius 1 is 1.64 bits per heavy atom. The van der Waals surface area contributed by atoms with Gasteiger partial charge in [0.25, 0.3) is 6.43 Å². The van der Waals surface area contributed by atoms with Gasteiger partial charge in [0, 0.05) is 17.6 Å². The van der Waals surface area contributed by atoms with Gasteiger partial charge in [-0.05, 0) is 28.2 Å². The first-order valence-corrected chi connectivity index (χ1v) is 5.28. The lowest BCUT2D eigenvalue weighted by Crippen LogP contribution is -2.01. The molecule has 0 atom stereocenters. The quantitative estimate of drug-likeness (QED) is 0.625. The third kappa shape index (κ3) is 2.25. The number of halogens is 4. The third-order valence-electron chi connectivity index (χ3n) is 1.68. The molecule has 0 N–H and O–H groups in total. The summed E-state index contributed by atoms with van der Waals surface area (Å²) < 4.78 is 30.4. The normalized spacial score (nSPS) is 10.7. The summed E-state index contributed by atoms with van der Waals surface area (Å²) in [6.07, 6.45) is -1.46. The van der Waals surface area contributed by atoms with E-state index in [2.05, 4.69) is 4.98 Å². The number of ether oxygens (including phenoxy) is 1. The first-order valence-electron chi connectivity index (χ1n) is 3.67. The summed E-state index contributed by atoms with van der Waals surface area (Å²) in [4.78, 5) is 3.76. The van der Waals surface area contributed by atoms with Crippen LogP contribution < -0.4 is 4.74 Å². The van der Waals surface area contributed by atoms with Crippen molar-refractivity contribution in [2.24, 2.45) is 0 Å². The van der Waals surface area contributed by atoms with E-state index in [1.165, 1.54) is 7.11 Å². The predicted molar refractivity (Wildman–Crippen MR) is 58.0 cm³/mol. The Morgan fingerprint density at radius 3 is 2.71 bits per heavy atom. The predicted octanol–water partition coefficient (Wildman–Crippen LogP) is 3.37. The Morgan fingerprint density at radius 2 is 2.29 bits per heavy atom. The van der Waals surface area contributed by atoms with E-state index in [1.54, 1.807) is 0 Å². The van der Waals surface area contributed by atoms with Crippen LogP contribution in [-0.4, -0.2) is 12.1 Å². The number of alkyl halides is 3. The SMILES string of the molecule is COc1ncc(C(F)F)c(CCl)c1I. The highest BCUT2D eigenvalue weighted by Crippen LogP contribution is 2.31. The lowest BCUT2D eigenvalue weighted by Gasteiger charge is -2.10. The lowest BCUT2D eigenvalue weighted by molar-refractivity contribution is 0.149. The van der Waals surface area contributed by atoms with Crippen molar-refractivity contribution >= 4 is 34.2 Å². The van der Waals surface area contributed by atoms with Crippen molar-refractivity contribution in [3.63, 3.8) is 0 Å². The summed E-state index contributed by atoms with van der Waals surface area (Å²) in [6, 6.07) is 0. The fraction of sp³-hybridized carbons (Fsp3) is 0.375. The van der Waals surface area contributed by atoms with E-state index in [-0.39, 0.29) is 11.4 Å². The molecule has 0 spiro atoms. The first kappa shape index (κ1) is 11.9. The van der Waals surface area contributed by atoms with Gasteiger partial charge in [0.05, 0.1) is 10.7 Å². The van der Waals surface area contributed by atoms with Gasteiger partial charge in [-0.3, -0.25) is 0 Å². The van der Waals surface area contributed by atoms with Gasteiger partial charge in [0.2, 0.25) is 5.88 Å². The van der Waals surface area contributed by atoms with Gasteiger partial charge in [-0.15, -0.1) is 11.6 Å². The molecule has 2 nitrogen and oxygen atoms in total. The fourth-order valence-corrected chi connectivity index (χ4v) is 2.36. The van der Waals surface area contributed by atoms with Crippen LogP contribution in [0.2, 0.25) is 0 Å². The second-order valence-corrected chi connectivity index (χ2v) is 3.80. The molecule has 0 amide bonds. The standard InChI is InChI=1S/C8H7ClF2INO/c1-14-8-6(12)4(2-9)5(3-13-8)7(10)11/h3,7H,2H2,1H3. The van der Waals surface area contributed by atoms with Crippen molar-refractivity contribution in [1.29, 1.82) is 0 Å². The summed E-state index contributed by atoms with van der Waals surface area (Å²) >= 11 is 7.48. The molecule has 1 heterocycles. The van der Waals surface area contributed by atoms with Crippen LogP contribution in [0.1, 0.15) is 17.6 Å². The molecule has 0 radical (unpaired) electrons. The molecule has 0 fully saturated rings. The van der Waals surface area contributed by atoms with Gasteiger partial charge in [-0.2, -0.15) is 0 Å². The van der Waals surface area contributed by atoms with Crippen LogP contribution in [0.4, 0.5) is 8.78 Å². The van der Waals surface area contributed by atoms with Crippen LogP contribution in [0.3, 0.4) is 0 Å². The van der Waals surface area contributed by atoms with Gasteiger partial charge in [-0.25, -0.2) is 13.8 Å². The number of rotatable bonds is 3. The number of nitrogens with zero attached hydrogens (tertiary/aromatic N) is 1. The van der Waals surface area contributed by atoms with E-state index in [1.807, 2.05) is 22.6 Å². The lowest BCUT2D eigenvalue weighted by atomic mass is 10.2. The molecule has 78 valence electrons.